The average molecular weight is 308 g/mol. The maximum absolute atomic E-state index is 5.42. The largest absolute Gasteiger partial charge is 0.493 e. The summed E-state index contributed by atoms with van der Waals surface area (Å²) in [5.74, 6) is 1.61. The van der Waals surface area contributed by atoms with Gasteiger partial charge in [0.25, 0.3) is 0 Å². The Morgan fingerprint density at radius 1 is 0.909 bits per heavy atom. The number of benzene rings is 1. The molecule has 1 aromatic rings. The summed E-state index contributed by atoms with van der Waals surface area (Å²) in [6.45, 7) is 9.34. The number of piperazine rings is 1. The lowest BCUT2D eigenvalue weighted by Crippen LogP contribution is -2.46. The minimum atomic E-state index is 0.799. The van der Waals surface area contributed by atoms with Crippen LogP contribution in [-0.2, 0) is 11.3 Å². The highest BCUT2D eigenvalue weighted by atomic mass is 16.5. The van der Waals surface area contributed by atoms with E-state index in [1.165, 1.54) is 11.1 Å². The van der Waals surface area contributed by atoms with Crippen molar-refractivity contribution in [2.75, 3.05) is 60.7 Å². The fourth-order valence-corrected chi connectivity index (χ4v) is 2.83. The molecule has 2 rings (SSSR count). The van der Waals surface area contributed by atoms with Crippen molar-refractivity contribution in [2.24, 2.45) is 0 Å². The van der Waals surface area contributed by atoms with Crippen molar-refractivity contribution >= 4 is 0 Å². The molecule has 0 aromatic heterocycles. The number of ether oxygens (including phenoxy) is 3. The zero-order valence-corrected chi connectivity index (χ0v) is 14.2. The summed E-state index contributed by atoms with van der Waals surface area (Å²) in [6.07, 6.45) is 0. The van der Waals surface area contributed by atoms with Crippen LogP contribution in [0.3, 0.4) is 0 Å². The summed E-state index contributed by atoms with van der Waals surface area (Å²) in [5.41, 5.74) is 2.56. The van der Waals surface area contributed by atoms with Crippen LogP contribution in [0.4, 0.5) is 0 Å². The van der Waals surface area contributed by atoms with E-state index in [0.29, 0.717) is 0 Å². The van der Waals surface area contributed by atoms with E-state index in [9.17, 15) is 0 Å². The number of rotatable bonds is 7. The van der Waals surface area contributed by atoms with Gasteiger partial charge >= 0.3 is 0 Å². The van der Waals surface area contributed by atoms with Crippen LogP contribution in [0.25, 0.3) is 0 Å². The second kappa shape index (κ2) is 8.36. The highest BCUT2D eigenvalue weighted by Crippen LogP contribution is 2.30. The Kier molecular flexibility index (Phi) is 6.49. The Hall–Kier alpha value is -1.30. The number of nitrogens with zero attached hydrogens (tertiary/aromatic N) is 2. The van der Waals surface area contributed by atoms with Gasteiger partial charge in [0.15, 0.2) is 11.5 Å². The maximum atomic E-state index is 5.42. The molecule has 1 aliphatic heterocycles. The summed E-state index contributed by atoms with van der Waals surface area (Å²) >= 11 is 0. The summed E-state index contributed by atoms with van der Waals surface area (Å²) in [4.78, 5) is 4.96. The fourth-order valence-electron chi connectivity index (χ4n) is 2.83. The van der Waals surface area contributed by atoms with Crippen molar-refractivity contribution < 1.29 is 14.2 Å². The molecule has 0 N–H and O–H groups in total. The zero-order valence-electron chi connectivity index (χ0n) is 14.2. The molecule has 5 nitrogen and oxygen atoms in total. The number of hydrogen-bond acceptors (Lipinski definition) is 5. The lowest BCUT2D eigenvalue weighted by molar-refractivity contribution is 0.0937. The molecule has 1 aliphatic rings. The molecular formula is C17H28N2O3. The first-order valence-corrected chi connectivity index (χ1v) is 7.83. The van der Waals surface area contributed by atoms with Gasteiger partial charge in [-0.3, -0.25) is 9.80 Å². The third-order valence-electron chi connectivity index (χ3n) is 4.31. The number of hydrogen-bond donors (Lipinski definition) is 0. The Morgan fingerprint density at radius 3 is 2.09 bits per heavy atom. The summed E-state index contributed by atoms with van der Waals surface area (Å²) < 4.78 is 15.9. The zero-order chi connectivity index (χ0) is 15.9. The molecule has 0 radical (unpaired) electrons. The van der Waals surface area contributed by atoms with E-state index >= 15 is 0 Å². The first-order chi connectivity index (χ1) is 10.7. The Labute approximate surface area is 133 Å². The van der Waals surface area contributed by atoms with Gasteiger partial charge < -0.3 is 14.2 Å². The third kappa shape index (κ3) is 4.35. The topological polar surface area (TPSA) is 34.2 Å². The SMILES string of the molecule is COCCN1CCN(Cc2cc(OC)c(OC)cc2C)CC1. The molecule has 0 saturated carbocycles. The van der Waals surface area contributed by atoms with Crippen molar-refractivity contribution in [3.63, 3.8) is 0 Å². The van der Waals surface area contributed by atoms with Crippen LogP contribution in [0.5, 0.6) is 11.5 Å². The van der Waals surface area contributed by atoms with Crippen LogP contribution < -0.4 is 9.47 Å². The van der Waals surface area contributed by atoms with E-state index in [2.05, 4.69) is 28.9 Å². The molecule has 22 heavy (non-hydrogen) atoms. The molecule has 5 heteroatoms. The van der Waals surface area contributed by atoms with Gasteiger partial charge in [0.05, 0.1) is 20.8 Å². The van der Waals surface area contributed by atoms with E-state index in [4.69, 9.17) is 14.2 Å². The smallest absolute Gasteiger partial charge is 0.161 e. The summed E-state index contributed by atoms with van der Waals surface area (Å²) in [7, 11) is 5.12. The van der Waals surface area contributed by atoms with Gasteiger partial charge in [-0.15, -0.1) is 0 Å². The van der Waals surface area contributed by atoms with Gasteiger partial charge in [0.1, 0.15) is 0 Å². The summed E-state index contributed by atoms with van der Waals surface area (Å²) in [6, 6.07) is 4.16. The van der Waals surface area contributed by atoms with Gasteiger partial charge in [-0.2, -0.15) is 0 Å². The van der Waals surface area contributed by atoms with Crippen molar-refractivity contribution in [3.8, 4) is 11.5 Å². The highest BCUT2D eigenvalue weighted by molar-refractivity contribution is 5.47. The molecule has 1 fully saturated rings. The van der Waals surface area contributed by atoms with Gasteiger partial charge in [0, 0.05) is 46.4 Å². The van der Waals surface area contributed by atoms with Crippen molar-refractivity contribution in [1.29, 1.82) is 0 Å². The maximum Gasteiger partial charge on any atom is 0.161 e. The molecular weight excluding hydrogens is 280 g/mol. The van der Waals surface area contributed by atoms with E-state index in [-0.39, 0.29) is 0 Å². The summed E-state index contributed by atoms with van der Waals surface area (Å²) in [5, 5.41) is 0. The Morgan fingerprint density at radius 2 is 1.50 bits per heavy atom. The van der Waals surface area contributed by atoms with Gasteiger partial charge in [0.2, 0.25) is 0 Å². The highest BCUT2D eigenvalue weighted by Gasteiger charge is 2.18. The van der Waals surface area contributed by atoms with E-state index < -0.39 is 0 Å². The molecule has 1 saturated heterocycles. The van der Waals surface area contributed by atoms with Crippen molar-refractivity contribution in [1.82, 2.24) is 9.80 Å². The minimum Gasteiger partial charge on any atom is -0.493 e. The van der Waals surface area contributed by atoms with Crippen LogP contribution >= 0.6 is 0 Å². The lowest BCUT2D eigenvalue weighted by atomic mass is 10.1. The minimum absolute atomic E-state index is 0.799. The molecule has 0 spiro atoms. The fraction of sp³-hybridized carbons (Fsp3) is 0.647. The molecule has 0 aliphatic carbocycles. The Balaban J connectivity index is 1.94. The predicted molar refractivity (Wildman–Crippen MR) is 87.9 cm³/mol. The molecule has 0 unspecified atom stereocenters. The van der Waals surface area contributed by atoms with Crippen LogP contribution in [0.1, 0.15) is 11.1 Å². The van der Waals surface area contributed by atoms with E-state index in [1.807, 2.05) is 0 Å². The molecule has 0 amide bonds. The second-order valence-electron chi connectivity index (χ2n) is 5.74. The molecule has 0 atom stereocenters. The normalized spacial score (nSPS) is 16.7. The van der Waals surface area contributed by atoms with E-state index in [0.717, 1.165) is 57.4 Å². The average Bonchev–Trinajstić information content (AvgIpc) is 2.55. The van der Waals surface area contributed by atoms with Gasteiger partial charge in [-0.05, 0) is 30.2 Å². The number of aryl methyl sites for hydroxylation is 1. The molecule has 1 aromatic carbocycles. The quantitative estimate of drug-likeness (QED) is 0.767. The Bertz CT molecular complexity index is 471. The van der Waals surface area contributed by atoms with Crippen LogP contribution in [0.15, 0.2) is 12.1 Å². The monoisotopic (exact) mass is 308 g/mol. The van der Waals surface area contributed by atoms with Gasteiger partial charge in [-0.25, -0.2) is 0 Å². The molecule has 1 heterocycles. The standard InChI is InChI=1S/C17H28N2O3/c1-14-11-16(21-3)17(22-4)12-15(14)13-19-7-5-18(6-8-19)9-10-20-2/h11-12H,5-10,13H2,1-4H3. The van der Waals surface area contributed by atoms with Crippen LogP contribution in [0, 0.1) is 6.92 Å². The van der Waals surface area contributed by atoms with Crippen LogP contribution in [-0.4, -0.2) is 70.5 Å². The van der Waals surface area contributed by atoms with Crippen molar-refractivity contribution in [3.05, 3.63) is 23.3 Å². The predicted octanol–water partition coefficient (Wildman–Crippen LogP) is 1.78. The van der Waals surface area contributed by atoms with Crippen molar-refractivity contribution in [2.45, 2.75) is 13.5 Å². The first-order valence-electron chi connectivity index (χ1n) is 7.83. The molecule has 0 bridgehead atoms. The van der Waals surface area contributed by atoms with Gasteiger partial charge in [-0.1, -0.05) is 0 Å². The lowest BCUT2D eigenvalue weighted by Gasteiger charge is -2.34. The molecule has 124 valence electrons. The van der Waals surface area contributed by atoms with E-state index in [1.54, 1.807) is 21.3 Å². The second-order valence-corrected chi connectivity index (χ2v) is 5.74. The third-order valence-corrected chi connectivity index (χ3v) is 4.31. The number of methoxy groups -OCH3 is 3. The first kappa shape index (κ1) is 17.1. The van der Waals surface area contributed by atoms with Crippen LogP contribution in [0.2, 0.25) is 0 Å².